The molecule has 0 radical (unpaired) electrons. The first-order valence-electron chi connectivity index (χ1n) is 6.52. The van der Waals surface area contributed by atoms with Gasteiger partial charge in [-0.25, -0.2) is 5.43 Å². The van der Waals surface area contributed by atoms with E-state index in [1.54, 1.807) is 18.2 Å². The minimum atomic E-state index is -1.09. The van der Waals surface area contributed by atoms with Gasteiger partial charge in [-0.2, -0.15) is 5.10 Å². The number of amides is 2. The highest BCUT2D eigenvalue weighted by Gasteiger charge is 2.07. The number of hydrogen-bond donors (Lipinski definition) is 2. The molecule has 0 saturated carbocycles. The number of carbonyl (C=O) groups excluding carboxylic acids is 2. The standard InChI is InChI=1S/C14H19N3O4/c1-3-4-7-21-11-6-5-10(8-12(11)20-2)9-16-17-14(19)13(15)18/h5-6,8-9H,3-4,7H2,1-2H3,(H2,15,18)(H,17,19)/b16-9+. The molecule has 0 saturated heterocycles. The van der Waals surface area contributed by atoms with Gasteiger partial charge in [0.25, 0.3) is 0 Å². The van der Waals surface area contributed by atoms with E-state index in [2.05, 4.69) is 12.0 Å². The first-order valence-corrected chi connectivity index (χ1v) is 6.52. The van der Waals surface area contributed by atoms with Gasteiger partial charge in [0.2, 0.25) is 0 Å². The first kappa shape index (κ1) is 16.5. The highest BCUT2D eigenvalue weighted by molar-refractivity contribution is 6.34. The fraction of sp³-hybridized carbons (Fsp3) is 0.357. The average Bonchev–Trinajstić information content (AvgIpc) is 2.48. The number of ether oxygens (including phenoxy) is 2. The molecule has 0 aliphatic heterocycles. The zero-order chi connectivity index (χ0) is 15.7. The molecule has 1 aromatic rings. The summed E-state index contributed by atoms with van der Waals surface area (Å²) in [6, 6.07) is 5.22. The molecular formula is C14H19N3O4. The van der Waals surface area contributed by atoms with Gasteiger partial charge in [-0.05, 0) is 30.2 Å². The molecule has 0 aliphatic rings. The summed E-state index contributed by atoms with van der Waals surface area (Å²) in [7, 11) is 1.54. The van der Waals surface area contributed by atoms with E-state index in [1.807, 2.05) is 5.43 Å². The number of nitrogens with one attached hydrogen (secondary N) is 1. The minimum absolute atomic E-state index is 0.566. The third-order valence-electron chi connectivity index (χ3n) is 2.55. The average molecular weight is 293 g/mol. The van der Waals surface area contributed by atoms with Gasteiger partial charge in [0.15, 0.2) is 11.5 Å². The molecule has 0 bridgehead atoms. The van der Waals surface area contributed by atoms with Gasteiger partial charge in [0, 0.05) is 0 Å². The molecule has 0 atom stereocenters. The number of benzene rings is 1. The Bertz CT molecular complexity index is 529. The molecule has 1 aromatic carbocycles. The molecule has 1 rings (SSSR count). The van der Waals surface area contributed by atoms with E-state index in [0.717, 1.165) is 12.8 Å². The Morgan fingerprint density at radius 1 is 1.38 bits per heavy atom. The SMILES string of the molecule is CCCCOc1ccc(/C=N/NC(=O)C(N)=O)cc1OC. The van der Waals surface area contributed by atoms with E-state index in [-0.39, 0.29) is 0 Å². The summed E-state index contributed by atoms with van der Waals surface area (Å²) < 4.78 is 10.8. The van der Waals surface area contributed by atoms with Crippen molar-refractivity contribution in [1.29, 1.82) is 0 Å². The van der Waals surface area contributed by atoms with Gasteiger partial charge < -0.3 is 15.2 Å². The third kappa shape index (κ3) is 5.52. The van der Waals surface area contributed by atoms with Gasteiger partial charge in [-0.3, -0.25) is 9.59 Å². The topological polar surface area (TPSA) is 103 Å². The Morgan fingerprint density at radius 2 is 2.14 bits per heavy atom. The fourth-order valence-electron chi connectivity index (χ4n) is 1.43. The van der Waals surface area contributed by atoms with Crippen LogP contribution in [0.1, 0.15) is 25.3 Å². The van der Waals surface area contributed by atoms with Crippen LogP contribution in [0, 0.1) is 0 Å². The van der Waals surface area contributed by atoms with Crippen molar-refractivity contribution < 1.29 is 19.1 Å². The van der Waals surface area contributed by atoms with Crippen LogP contribution in [0.15, 0.2) is 23.3 Å². The minimum Gasteiger partial charge on any atom is -0.493 e. The molecule has 2 amide bonds. The lowest BCUT2D eigenvalue weighted by molar-refractivity contribution is -0.137. The van der Waals surface area contributed by atoms with E-state index < -0.39 is 11.8 Å². The van der Waals surface area contributed by atoms with E-state index in [9.17, 15) is 9.59 Å². The zero-order valence-corrected chi connectivity index (χ0v) is 12.1. The van der Waals surface area contributed by atoms with Gasteiger partial charge in [-0.15, -0.1) is 0 Å². The Morgan fingerprint density at radius 3 is 2.76 bits per heavy atom. The highest BCUT2D eigenvalue weighted by atomic mass is 16.5. The molecule has 114 valence electrons. The second-order valence-electron chi connectivity index (χ2n) is 4.18. The summed E-state index contributed by atoms with van der Waals surface area (Å²) in [5.74, 6) is -0.859. The lowest BCUT2D eigenvalue weighted by Crippen LogP contribution is -2.32. The number of hydrogen-bond acceptors (Lipinski definition) is 5. The van der Waals surface area contributed by atoms with Gasteiger partial charge in [-0.1, -0.05) is 13.3 Å². The molecule has 0 spiro atoms. The van der Waals surface area contributed by atoms with Crippen LogP contribution >= 0.6 is 0 Å². The molecule has 0 aliphatic carbocycles. The number of nitrogens with two attached hydrogens (primary N) is 1. The second-order valence-corrected chi connectivity index (χ2v) is 4.18. The lowest BCUT2D eigenvalue weighted by Gasteiger charge is -2.10. The van der Waals surface area contributed by atoms with Gasteiger partial charge in [0.05, 0.1) is 19.9 Å². The third-order valence-corrected chi connectivity index (χ3v) is 2.55. The Hall–Kier alpha value is -2.57. The monoisotopic (exact) mass is 293 g/mol. The quantitative estimate of drug-likeness (QED) is 0.336. The van der Waals surface area contributed by atoms with Crippen molar-refractivity contribution in [2.45, 2.75) is 19.8 Å². The lowest BCUT2D eigenvalue weighted by atomic mass is 10.2. The summed E-state index contributed by atoms with van der Waals surface area (Å²) in [5.41, 5.74) is 7.47. The van der Waals surface area contributed by atoms with E-state index >= 15 is 0 Å². The van der Waals surface area contributed by atoms with Crippen LogP contribution in [-0.2, 0) is 9.59 Å². The molecule has 7 heteroatoms. The van der Waals surface area contributed by atoms with Crippen molar-refractivity contribution >= 4 is 18.0 Å². The largest absolute Gasteiger partial charge is 0.493 e. The maximum absolute atomic E-state index is 10.9. The smallest absolute Gasteiger partial charge is 0.329 e. The van der Waals surface area contributed by atoms with Gasteiger partial charge in [0.1, 0.15) is 0 Å². The highest BCUT2D eigenvalue weighted by Crippen LogP contribution is 2.27. The number of methoxy groups -OCH3 is 1. The molecule has 7 nitrogen and oxygen atoms in total. The fourth-order valence-corrected chi connectivity index (χ4v) is 1.43. The Labute approximate surface area is 123 Å². The summed E-state index contributed by atoms with van der Waals surface area (Å²) >= 11 is 0. The summed E-state index contributed by atoms with van der Waals surface area (Å²) in [4.78, 5) is 21.4. The maximum atomic E-state index is 10.9. The molecule has 21 heavy (non-hydrogen) atoms. The van der Waals surface area contributed by atoms with E-state index in [0.29, 0.717) is 23.7 Å². The van der Waals surface area contributed by atoms with Crippen molar-refractivity contribution in [3.63, 3.8) is 0 Å². The first-order chi connectivity index (χ1) is 10.1. The number of primary amides is 1. The van der Waals surface area contributed by atoms with Crippen LogP contribution in [-0.4, -0.2) is 31.7 Å². The molecule has 3 N–H and O–H groups in total. The predicted molar refractivity (Wildman–Crippen MR) is 78.3 cm³/mol. The van der Waals surface area contributed by atoms with E-state index in [1.165, 1.54) is 13.3 Å². The molecule has 0 fully saturated rings. The molecule has 0 heterocycles. The Kier molecular flexibility index (Phi) is 6.73. The van der Waals surface area contributed by atoms with Crippen molar-refractivity contribution in [2.24, 2.45) is 10.8 Å². The van der Waals surface area contributed by atoms with Crippen LogP contribution in [0.25, 0.3) is 0 Å². The number of hydrazone groups is 1. The zero-order valence-electron chi connectivity index (χ0n) is 12.1. The van der Waals surface area contributed by atoms with Crippen LogP contribution in [0.5, 0.6) is 11.5 Å². The number of carbonyl (C=O) groups is 2. The molecule has 0 unspecified atom stereocenters. The van der Waals surface area contributed by atoms with Crippen LogP contribution in [0.2, 0.25) is 0 Å². The second kappa shape index (κ2) is 8.57. The summed E-state index contributed by atoms with van der Waals surface area (Å²) in [5, 5.41) is 3.62. The van der Waals surface area contributed by atoms with Crippen molar-refractivity contribution in [3.8, 4) is 11.5 Å². The normalized spacial score (nSPS) is 10.4. The van der Waals surface area contributed by atoms with Crippen LogP contribution in [0.4, 0.5) is 0 Å². The van der Waals surface area contributed by atoms with Crippen LogP contribution < -0.4 is 20.6 Å². The van der Waals surface area contributed by atoms with Crippen LogP contribution in [0.3, 0.4) is 0 Å². The molecular weight excluding hydrogens is 274 g/mol. The van der Waals surface area contributed by atoms with Crippen molar-refractivity contribution in [3.05, 3.63) is 23.8 Å². The summed E-state index contributed by atoms with van der Waals surface area (Å²) in [6.45, 7) is 2.70. The maximum Gasteiger partial charge on any atom is 0.329 e. The summed E-state index contributed by atoms with van der Waals surface area (Å²) in [6.07, 6.45) is 3.39. The number of rotatable bonds is 7. The molecule has 0 aromatic heterocycles. The van der Waals surface area contributed by atoms with E-state index in [4.69, 9.17) is 15.2 Å². The number of unbranched alkanes of at least 4 members (excludes halogenated alkanes) is 1. The number of nitrogens with zero attached hydrogens (tertiary/aromatic N) is 1. The van der Waals surface area contributed by atoms with Crippen molar-refractivity contribution in [1.82, 2.24) is 5.43 Å². The predicted octanol–water partition coefficient (Wildman–Crippen LogP) is 0.809. The Balaban J connectivity index is 2.70. The van der Waals surface area contributed by atoms with Crippen molar-refractivity contribution in [2.75, 3.05) is 13.7 Å². The van der Waals surface area contributed by atoms with Gasteiger partial charge >= 0.3 is 11.8 Å².